The van der Waals surface area contributed by atoms with Crippen molar-refractivity contribution in [3.8, 4) is 17.4 Å². The number of benzene rings is 1. The Hall–Kier alpha value is -1.74. The topological polar surface area (TPSA) is 36.9 Å². The summed E-state index contributed by atoms with van der Waals surface area (Å²) in [6.45, 7) is 0. The van der Waals surface area contributed by atoms with Gasteiger partial charge >= 0.3 is 6.18 Å². The SMILES string of the molecule is N#Cc1cc(Br)c(-c2ccco2)c(C(F)(F)F)c1. The molecular formula is C12H5BrF3NO. The molecule has 2 aromatic rings. The quantitative estimate of drug-likeness (QED) is 0.771. The normalized spacial score (nSPS) is 11.3. The molecule has 1 heterocycles. The molecule has 2 rings (SSSR count). The van der Waals surface area contributed by atoms with Gasteiger partial charge in [0.25, 0.3) is 0 Å². The summed E-state index contributed by atoms with van der Waals surface area (Å²) in [5, 5.41) is 8.71. The zero-order valence-corrected chi connectivity index (χ0v) is 10.3. The number of nitrogens with zero attached hydrogens (tertiary/aromatic N) is 1. The molecule has 6 heteroatoms. The summed E-state index contributed by atoms with van der Waals surface area (Å²) in [6, 6.07) is 6.76. The van der Waals surface area contributed by atoms with E-state index in [-0.39, 0.29) is 21.4 Å². The summed E-state index contributed by atoms with van der Waals surface area (Å²) in [6.07, 6.45) is -3.27. The van der Waals surface area contributed by atoms with Crippen LogP contribution >= 0.6 is 15.9 Å². The van der Waals surface area contributed by atoms with Gasteiger partial charge in [-0.3, -0.25) is 0 Å². The molecule has 0 aliphatic heterocycles. The summed E-state index contributed by atoms with van der Waals surface area (Å²) in [5.74, 6) is 0.0960. The van der Waals surface area contributed by atoms with Gasteiger partial charge in [-0.15, -0.1) is 0 Å². The Labute approximate surface area is 109 Å². The van der Waals surface area contributed by atoms with Crippen molar-refractivity contribution in [2.24, 2.45) is 0 Å². The first-order valence-corrected chi connectivity index (χ1v) is 5.57. The van der Waals surface area contributed by atoms with Crippen LogP contribution in [0.25, 0.3) is 11.3 Å². The zero-order chi connectivity index (χ0) is 13.3. The fourth-order valence-electron chi connectivity index (χ4n) is 1.57. The number of hydrogen-bond donors (Lipinski definition) is 0. The molecule has 1 aromatic heterocycles. The first kappa shape index (κ1) is 12.7. The largest absolute Gasteiger partial charge is 0.464 e. The van der Waals surface area contributed by atoms with Crippen molar-refractivity contribution >= 4 is 15.9 Å². The Morgan fingerprint density at radius 2 is 2.00 bits per heavy atom. The maximum Gasteiger partial charge on any atom is 0.417 e. The van der Waals surface area contributed by atoms with Gasteiger partial charge in [-0.05, 0) is 40.2 Å². The molecule has 92 valence electrons. The van der Waals surface area contributed by atoms with E-state index in [9.17, 15) is 13.2 Å². The smallest absolute Gasteiger partial charge is 0.417 e. The van der Waals surface area contributed by atoms with Gasteiger partial charge in [-0.1, -0.05) is 0 Å². The van der Waals surface area contributed by atoms with E-state index in [1.807, 2.05) is 0 Å². The third kappa shape index (κ3) is 2.27. The van der Waals surface area contributed by atoms with Crippen molar-refractivity contribution in [1.82, 2.24) is 0 Å². The fraction of sp³-hybridized carbons (Fsp3) is 0.0833. The fourth-order valence-corrected chi connectivity index (χ4v) is 2.22. The van der Waals surface area contributed by atoms with Crippen LogP contribution in [0.3, 0.4) is 0 Å². The molecule has 0 saturated heterocycles. The third-order valence-electron chi connectivity index (χ3n) is 2.29. The minimum absolute atomic E-state index is 0.0653. The van der Waals surface area contributed by atoms with E-state index in [2.05, 4.69) is 15.9 Å². The standard InChI is InChI=1S/C12H5BrF3NO/c13-9-5-7(6-17)4-8(12(14,15)16)11(9)10-2-1-3-18-10/h1-5H. The van der Waals surface area contributed by atoms with Gasteiger partial charge in [0.1, 0.15) is 5.76 Å². The lowest BCUT2D eigenvalue weighted by molar-refractivity contribution is -0.137. The molecule has 0 N–H and O–H groups in total. The summed E-state index contributed by atoms with van der Waals surface area (Å²) in [4.78, 5) is 0. The first-order valence-electron chi connectivity index (χ1n) is 4.78. The van der Waals surface area contributed by atoms with Crippen LogP contribution in [0.5, 0.6) is 0 Å². The second-order valence-corrected chi connectivity index (χ2v) is 4.32. The highest BCUT2D eigenvalue weighted by molar-refractivity contribution is 9.10. The maximum atomic E-state index is 13.0. The molecular weight excluding hydrogens is 311 g/mol. The summed E-state index contributed by atoms with van der Waals surface area (Å²) < 4.78 is 44.1. The molecule has 0 unspecified atom stereocenters. The van der Waals surface area contributed by atoms with Crippen molar-refractivity contribution in [1.29, 1.82) is 5.26 Å². The molecule has 0 aliphatic carbocycles. The average molecular weight is 316 g/mol. The van der Waals surface area contributed by atoms with E-state index in [4.69, 9.17) is 9.68 Å². The van der Waals surface area contributed by atoms with Crippen LogP contribution in [0.2, 0.25) is 0 Å². The third-order valence-corrected chi connectivity index (χ3v) is 2.92. The second-order valence-electron chi connectivity index (χ2n) is 3.47. The second kappa shape index (κ2) is 4.50. The van der Waals surface area contributed by atoms with E-state index in [1.165, 1.54) is 24.5 Å². The van der Waals surface area contributed by atoms with Gasteiger partial charge in [0.15, 0.2) is 0 Å². The van der Waals surface area contributed by atoms with Gasteiger partial charge in [0, 0.05) is 10.0 Å². The van der Waals surface area contributed by atoms with E-state index < -0.39 is 11.7 Å². The molecule has 0 fully saturated rings. The van der Waals surface area contributed by atoms with E-state index in [1.54, 1.807) is 6.07 Å². The Kier molecular flexibility index (Phi) is 3.18. The van der Waals surface area contributed by atoms with Crippen LogP contribution in [0.1, 0.15) is 11.1 Å². The highest BCUT2D eigenvalue weighted by atomic mass is 79.9. The molecule has 0 saturated carbocycles. The average Bonchev–Trinajstić information content (AvgIpc) is 2.79. The highest BCUT2D eigenvalue weighted by Crippen LogP contribution is 2.41. The Balaban J connectivity index is 2.76. The van der Waals surface area contributed by atoms with Crippen LogP contribution in [-0.4, -0.2) is 0 Å². The number of alkyl halides is 3. The summed E-state index contributed by atoms with van der Waals surface area (Å²) in [7, 11) is 0. The lowest BCUT2D eigenvalue weighted by Gasteiger charge is -2.13. The van der Waals surface area contributed by atoms with Gasteiger partial charge < -0.3 is 4.42 Å². The summed E-state index contributed by atoms with van der Waals surface area (Å²) >= 11 is 3.04. The van der Waals surface area contributed by atoms with Crippen LogP contribution in [0.15, 0.2) is 39.4 Å². The van der Waals surface area contributed by atoms with E-state index >= 15 is 0 Å². The highest BCUT2D eigenvalue weighted by Gasteiger charge is 2.36. The predicted octanol–water partition coefficient (Wildman–Crippen LogP) is 4.60. The molecule has 0 bridgehead atoms. The van der Waals surface area contributed by atoms with Crippen LogP contribution in [0.4, 0.5) is 13.2 Å². The van der Waals surface area contributed by atoms with Gasteiger partial charge in [-0.25, -0.2) is 0 Å². The van der Waals surface area contributed by atoms with E-state index in [0.717, 1.165) is 6.07 Å². The maximum absolute atomic E-state index is 13.0. The summed E-state index contributed by atoms with van der Waals surface area (Å²) in [5.41, 5.74) is -1.07. The van der Waals surface area contributed by atoms with Crippen LogP contribution in [0, 0.1) is 11.3 Å². The minimum atomic E-state index is -4.56. The number of halogens is 4. The lowest BCUT2D eigenvalue weighted by Crippen LogP contribution is -2.08. The van der Waals surface area contributed by atoms with Crippen LogP contribution in [-0.2, 0) is 6.18 Å². The molecule has 0 aliphatic rings. The van der Waals surface area contributed by atoms with Gasteiger partial charge in [-0.2, -0.15) is 18.4 Å². The Morgan fingerprint density at radius 3 is 2.50 bits per heavy atom. The minimum Gasteiger partial charge on any atom is -0.464 e. The van der Waals surface area contributed by atoms with Crippen molar-refractivity contribution in [3.05, 3.63) is 46.1 Å². The molecule has 0 spiro atoms. The zero-order valence-electron chi connectivity index (χ0n) is 8.75. The molecule has 18 heavy (non-hydrogen) atoms. The molecule has 2 nitrogen and oxygen atoms in total. The van der Waals surface area contributed by atoms with Crippen LogP contribution < -0.4 is 0 Å². The predicted molar refractivity (Wildman–Crippen MR) is 61.6 cm³/mol. The van der Waals surface area contributed by atoms with E-state index in [0.29, 0.717) is 0 Å². The van der Waals surface area contributed by atoms with Gasteiger partial charge in [0.2, 0.25) is 0 Å². The molecule has 0 amide bonds. The van der Waals surface area contributed by atoms with Gasteiger partial charge in [0.05, 0.1) is 23.5 Å². The molecule has 0 atom stereocenters. The lowest BCUT2D eigenvalue weighted by atomic mass is 10.0. The molecule has 0 radical (unpaired) electrons. The number of rotatable bonds is 1. The first-order chi connectivity index (χ1) is 8.43. The number of nitriles is 1. The van der Waals surface area contributed by atoms with Crippen molar-refractivity contribution < 1.29 is 17.6 Å². The van der Waals surface area contributed by atoms with Crippen molar-refractivity contribution in [2.45, 2.75) is 6.18 Å². The monoisotopic (exact) mass is 315 g/mol. The number of furan rings is 1. The van der Waals surface area contributed by atoms with Crippen molar-refractivity contribution in [3.63, 3.8) is 0 Å². The Morgan fingerprint density at radius 1 is 1.28 bits per heavy atom. The molecule has 1 aromatic carbocycles. The Bertz CT molecular complexity index is 611. The number of hydrogen-bond acceptors (Lipinski definition) is 2. The van der Waals surface area contributed by atoms with Crippen molar-refractivity contribution in [2.75, 3.05) is 0 Å².